The number of aromatic nitrogens is 2. The summed E-state index contributed by atoms with van der Waals surface area (Å²) >= 11 is 0. The van der Waals surface area contributed by atoms with E-state index < -0.39 is 29.7 Å². The summed E-state index contributed by atoms with van der Waals surface area (Å²) in [7, 11) is 0. The van der Waals surface area contributed by atoms with Gasteiger partial charge in [-0.3, -0.25) is 9.59 Å². The predicted molar refractivity (Wildman–Crippen MR) is 89.2 cm³/mol. The highest BCUT2D eigenvalue weighted by Crippen LogP contribution is 2.26. The second-order valence-electron chi connectivity index (χ2n) is 6.46. The number of benzene rings is 1. The third kappa shape index (κ3) is 3.40. The van der Waals surface area contributed by atoms with Crippen molar-refractivity contribution in [3.05, 3.63) is 47.0 Å². The molecular formula is C18H20FN3O3. The molecule has 1 aromatic carbocycles. The van der Waals surface area contributed by atoms with E-state index in [1.165, 1.54) is 16.8 Å². The van der Waals surface area contributed by atoms with Crippen LogP contribution in [-0.2, 0) is 4.79 Å². The molecule has 0 saturated heterocycles. The van der Waals surface area contributed by atoms with E-state index in [0.717, 1.165) is 23.9 Å². The average Bonchev–Trinajstić information content (AvgIpc) is 3.13. The van der Waals surface area contributed by atoms with E-state index in [-0.39, 0.29) is 11.3 Å². The molecule has 2 aromatic rings. The van der Waals surface area contributed by atoms with Crippen molar-refractivity contribution in [1.82, 2.24) is 15.1 Å². The Morgan fingerprint density at radius 2 is 2.04 bits per heavy atom. The van der Waals surface area contributed by atoms with Gasteiger partial charge in [0.2, 0.25) is 0 Å². The van der Waals surface area contributed by atoms with Crippen LogP contribution in [0.1, 0.15) is 41.0 Å². The molecule has 0 bridgehead atoms. The van der Waals surface area contributed by atoms with E-state index in [1.807, 2.05) is 19.9 Å². The zero-order valence-electron chi connectivity index (χ0n) is 14.1. The fraction of sp³-hybridized carbons (Fsp3) is 0.389. The van der Waals surface area contributed by atoms with Gasteiger partial charge in [-0.25, -0.2) is 9.07 Å². The number of carbonyl (C=O) groups excluding carboxylic acids is 1. The van der Waals surface area contributed by atoms with Crippen LogP contribution in [-0.4, -0.2) is 32.8 Å². The molecule has 1 aliphatic rings. The number of carboxylic acids is 1. The highest BCUT2D eigenvalue weighted by molar-refractivity contribution is 5.95. The maximum atomic E-state index is 14.5. The molecule has 2 atom stereocenters. The van der Waals surface area contributed by atoms with E-state index in [9.17, 15) is 19.1 Å². The Hall–Kier alpha value is -2.70. The van der Waals surface area contributed by atoms with E-state index in [4.69, 9.17) is 0 Å². The first-order chi connectivity index (χ1) is 11.9. The second-order valence-corrected chi connectivity index (χ2v) is 6.46. The summed E-state index contributed by atoms with van der Waals surface area (Å²) in [6, 6.07) is 5.61. The van der Waals surface area contributed by atoms with Gasteiger partial charge in [0.1, 0.15) is 11.5 Å². The van der Waals surface area contributed by atoms with E-state index in [1.54, 1.807) is 0 Å². The first kappa shape index (κ1) is 17.1. The van der Waals surface area contributed by atoms with Crippen LogP contribution in [0.5, 0.6) is 0 Å². The SMILES string of the molecule is Cc1cc(C)n(-c2ccc(C(=O)N[C@@H]3CCC[C@H]3C(=O)O)cc2F)n1. The molecular weight excluding hydrogens is 325 g/mol. The minimum atomic E-state index is -0.908. The summed E-state index contributed by atoms with van der Waals surface area (Å²) in [4.78, 5) is 23.5. The van der Waals surface area contributed by atoms with Crippen molar-refractivity contribution in [1.29, 1.82) is 0 Å². The number of rotatable bonds is 4. The number of nitrogens with zero attached hydrogens (tertiary/aromatic N) is 2. The average molecular weight is 345 g/mol. The molecule has 2 N–H and O–H groups in total. The lowest BCUT2D eigenvalue weighted by Crippen LogP contribution is -2.40. The van der Waals surface area contributed by atoms with Crippen LogP contribution in [0, 0.1) is 25.6 Å². The van der Waals surface area contributed by atoms with Gasteiger partial charge in [-0.15, -0.1) is 0 Å². The van der Waals surface area contributed by atoms with Gasteiger partial charge in [0, 0.05) is 17.3 Å². The number of aliphatic carboxylic acids is 1. The fourth-order valence-corrected chi connectivity index (χ4v) is 3.37. The van der Waals surface area contributed by atoms with E-state index >= 15 is 0 Å². The first-order valence-corrected chi connectivity index (χ1v) is 8.23. The molecule has 3 rings (SSSR count). The zero-order chi connectivity index (χ0) is 18.1. The molecule has 1 amide bonds. The van der Waals surface area contributed by atoms with Crippen LogP contribution in [0.3, 0.4) is 0 Å². The summed E-state index contributed by atoms with van der Waals surface area (Å²) < 4.78 is 16.0. The number of hydrogen-bond acceptors (Lipinski definition) is 3. The van der Waals surface area contributed by atoms with Gasteiger partial charge in [0.25, 0.3) is 5.91 Å². The topological polar surface area (TPSA) is 84.2 Å². The van der Waals surface area contributed by atoms with Crippen molar-refractivity contribution in [3.8, 4) is 5.69 Å². The van der Waals surface area contributed by atoms with E-state index in [0.29, 0.717) is 12.8 Å². The molecule has 6 nitrogen and oxygen atoms in total. The molecule has 132 valence electrons. The largest absolute Gasteiger partial charge is 0.481 e. The summed E-state index contributed by atoms with van der Waals surface area (Å²) in [6.07, 6.45) is 1.92. The van der Waals surface area contributed by atoms with Crippen molar-refractivity contribution in [3.63, 3.8) is 0 Å². The number of aryl methyl sites for hydroxylation is 2. The van der Waals surface area contributed by atoms with Crippen molar-refractivity contribution in [2.24, 2.45) is 5.92 Å². The van der Waals surface area contributed by atoms with Gasteiger partial charge in [-0.2, -0.15) is 5.10 Å². The second kappa shape index (κ2) is 6.66. The molecule has 0 unspecified atom stereocenters. The third-order valence-electron chi connectivity index (χ3n) is 4.60. The number of carbonyl (C=O) groups is 2. The predicted octanol–water partition coefficient (Wildman–Crippen LogP) is 2.61. The summed E-state index contributed by atoms with van der Waals surface area (Å²) in [5, 5.41) is 16.1. The molecule has 0 radical (unpaired) electrons. The van der Waals surface area contributed by atoms with Crippen molar-refractivity contribution in [2.75, 3.05) is 0 Å². The highest BCUT2D eigenvalue weighted by Gasteiger charge is 2.34. The Morgan fingerprint density at radius 3 is 2.64 bits per heavy atom. The van der Waals surface area contributed by atoms with Gasteiger partial charge in [0.05, 0.1) is 11.6 Å². The number of hydrogen-bond donors (Lipinski definition) is 2. The molecule has 0 spiro atoms. The van der Waals surface area contributed by atoms with Gasteiger partial charge in [-0.1, -0.05) is 6.42 Å². The van der Waals surface area contributed by atoms with Crippen LogP contribution in [0.25, 0.3) is 5.69 Å². The summed E-state index contributed by atoms with van der Waals surface area (Å²) in [5.74, 6) is -2.51. The number of carboxylic acid groups (broad SMARTS) is 1. The summed E-state index contributed by atoms with van der Waals surface area (Å²) in [6.45, 7) is 3.65. The Bertz CT molecular complexity index is 831. The molecule has 0 aliphatic heterocycles. The summed E-state index contributed by atoms with van der Waals surface area (Å²) in [5.41, 5.74) is 2.01. The Kier molecular flexibility index (Phi) is 4.57. The lowest BCUT2D eigenvalue weighted by atomic mass is 10.0. The van der Waals surface area contributed by atoms with E-state index in [2.05, 4.69) is 10.4 Å². The molecule has 1 aromatic heterocycles. The maximum Gasteiger partial charge on any atom is 0.308 e. The molecule has 1 saturated carbocycles. The number of halogens is 1. The van der Waals surface area contributed by atoms with Crippen LogP contribution in [0.4, 0.5) is 4.39 Å². The minimum Gasteiger partial charge on any atom is -0.481 e. The molecule has 7 heteroatoms. The van der Waals surface area contributed by atoms with Gasteiger partial charge < -0.3 is 10.4 Å². The molecule has 1 heterocycles. The Morgan fingerprint density at radius 1 is 1.28 bits per heavy atom. The maximum absolute atomic E-state index is 14.5. The monoisotopic (exact) mass is 345 g/mol. The quantitative estimate of drug-likeness (QED) is 0.892. The molecule has 1 aliphatic carbocycles. The van der Waals surface area contributed by atoms with Crippen molar-refractivity contribution >= 4 is 11.9 Å². The van der Waals surface area contributed by atoms with Gasteiger partial charge in [-0.05, 0) is 51.0 Å². The lowest BCUT2D eigenvalue weighted by Gasteiger charge is -2.17. The van der Waals surface area contributed by atoms with Crippen LogP contribution >= 0.6 is 0 Å². The smallest absolute Gasteiger partial charge is 0.308 e. The molecule has 25 heavy (non-hydrogen) atoms. The zero-order valence-corrected chi connectivity index (χ0v) is 14.1. The minimum absolute atomic E-state index is 0.166. The standard InChI is InChI=1S/C18H20FN3O3/c1-10-8-11(2)22(21-10)16-7-6-12(9-14(16)19)17(23)20-15-5-3-4-13(15)18(24)25/h6-9,13,15H,3-5H2,1-2H3,(H,20,23)(H,24,25)/t13-,15-/m1/s1. The van der Waals surface area contributed by atoms with Crippen LogP contribution in [0.15, 0.2) is 24.3 Å². The normalized spacial score (nSPS) is 19.8. The van der Waals surface area contributed by atoms with Gasteiger partial charge >= 0.3 is 5.97 Å². The highest BCUT2D eigenvalue weighted by atomic mass is 19.1. The van der Waals surface area contributed by atoms with Crippen molar-refractivity contribution < 1.29 is 19.1 Å². The fourth-order valence-electron chi connectivity index (χ4n) is 3.37. The van der Waals surface area contributed by atoms with Crippen LogP contribution < -0.4 is 5.32 Å². The van der Waals surface area contributed by atoms with Gasteiger partial charge in [0.15, 0.2) is 0 Å². The van der Waals surface area contributed by atoms with Crippen molar-refractivity contribution in [2.45, 2.75) is 39.2 Å². The van der Waals surface area contributed by atoms with Crippen LogP contribution in [0.2, 0.25) is 0 Å². The third-order valence-corrected chi connectivity index (χ3v) is 4.60. The molecule has 1 fully saturated rings. The Balaban J connectivity index is 1.79. The Labute approximate surface area is 144 Å². The number of nitrogens with one attached hydrogen (secondary N) is 1. The first-order valence-electron chi connectivity index (χ1n) is 8.23. The number of amides is 1. The lowest BCUT2D eigenvalue weighted by molar-refractivity contribution is -0.142.